The van der Waals surface area contributed by atoms with E-state index in [0.717, 1.165) is 0 Å². The Labute approximate surface area is 279 Å². The van der Waals surface area contributed by atoms with Crippen molar-refractivity contribution in [1.82, 2.24) is 0 Å². The Bertz CT molecular complexity index is 2220. The van der Waals surface area contributed by atoms with Crippen molar-refractivity contribution in [1.29, 1.82) is 0 Å². The van der Waals surface area contributed by atoms with Gasteiger partial charge in [-0.25, -0.2) is 0 Å². The van der Waals surface area contributed by atoms with E-state index in [4.69, 9.17) is 0 Å². The van der Waals surface area contributed by atoms with E-state index in [9.17, 15) is 0 Å². The summed E-state index contributed by atoms with van der Waals surface area (Å²) in [6.45, 7) is 11.8. The quantitative estimate of drug-likeness (QED) is 0.193. The van der Waals surface area contributed by atoms with Crippen molar-refractivity contribution in [3.05, 3.63) is 149 Å². The first-order valence-corrected chi connectivity index (χ1v) is 17.5. The molecule has 0 atom stereocenters. The average Bonchev–Trinajstić information content (AvgIpc) is 3.74. The number of anilines is 3. The summed E-state index contributed by atoms with van der Waals surface area (Å²) >= 11 is 0. The van der Waals surface area contributed by atoms with Crippen LogP contribution in [0.2, 0.25) is 0 Å². The van der Waals surface area contributed by atoms with Crippen LogP contribution in [0.1, 0.15) is 88.1 Å². The summed E-state index contributed by atoms with van der Waals surface area (Å²) in [4.78, 5) is 2.57. The minimum Gasteiger partial charge on any atom is -0.310 e. The van der Waals surface area contributed by atoms with Crippen LogP contribution >= 0.6 is 0 Å². The van der Waals surface area contributed by atoms with Crippen LogP contribution in [-0.4, -0.2) is 0 Å². The molecule has 1 spiro atoms. The van der Waals surface area contributed by atoms with Crippen LogP contribution in [0.3, 0.4) is 0 Å². The molecule has 0 aromatic heterocycles. The lowest BCUT2D eigenvalue weighted by atomic mass is 9.76. The van der Waals surface area contributed by atoms with Gasteiger partial charge in [-0.05, 0) is 104 Å². The van der Waals surface area contributed by atoms with Gasteiger partial charge in [0.25, 0.3) is 0 Å². The summed E-state index contributed by atoms with van der Waals surface area (Å²) in [6.07, 6.45) is 5.04. The second-order valence-corrected chi connectivity index (χ2v) is 15.8. The maximum Gasteiger partial charge on any atom is 0.0542 e. The van der Waals surface area contributed by atoms with E-state index in [1.165, 1.54) is 104 Å². The van der Waals surface area contributed by atoms with E-state index in [1.54, 1.807) is 0 Å². The normalized spacial score (nSPS) is 16.6. The lowest BCUT2D eigenvalue weighted by Gasteiger charge is -2.32. The van der Waals surface area contributed by atoms with Gasteiger partial charge in [0.2, 0.25) is 0 Å². The lowest BCUT2D eigenvalue weighted by molar-refractivity contribution is 0.550. The molecule has 6 aromatic rings. The van der Waals surface area contributed by atoms with E-state index in [1.807, 2.05) is 0 Å². The Kier molecular flexibility index (Phi) is 6.05. The van der Waals surface area contributed by atoms with Gasteiger partial charge in [-0.15, -0.1) is 0 Å². The Morgan fingerprint density at radius 3 is 1.79 bits per heavy atom. The molecule has 6 aromatic carbocycles. The van der Waals surface area contributed by atoms with Gasteiger partial charge in [-0.3, -0.25) is 0 Å². The highest BCUT2D eigenvalue weighted by molar-refractivity contribution is 6.00. The molecule has 3 aliphatic carbocycles. The van der Waals surface area contributed by atoms with Gasteiger partial charge in [0.15, 0.2) is 0 Å². The minimum atomic E-state index is -0.0730. The molecule has 0 unspecified atom stereocenters. The van der Waals surface area contributed by atoms with Crippen molar-refractivity contribution in [3.8, 4) is 22.3 Å². The third-order valence-electron chi connectivity index (χ3n) is 11.7. The van der Waals surface area contributed by atoms with E-state index >= 15 is 0 Å². The monoisotopic (exact) mass is 609 g/mol. The van der Waals surface area contributed by atoms with Gasteiger partial charge >= 0.3 is 0 Å². The Hall–Kier alpha value is -4.62. The van der Waals surface area contributed by atoms with E-state index < -0.39 is 0 Å². The molecule has 0 bridgehead atoms. The van der Waals surface area contributed by atoms with Crippen LogP contribution < -0.4 is 4.90 Å². The minimum absolute atomic E-state index is 0.0134. The molecule has 1 fully saturated rings. The van der Waals surface area contributed by atoms with Crippen molar-refractivity contribution in [3.63, 3.8) is 0 Å². The fraction of sp³-hybridized carbons (Fsp3) is 0.261. The predicted octanol–water partition coefficient (Wildman–Crippen LogP) is 12.8. The molecule has 1 saturated carbocycles. The summed E-state index contributed by atoms with van der Waals surface area (Å²) < 4.78 is 0. The molecule has 0 N–H and O–H groups in total. The maximum absolute atomic E-state index is 2.57. The van der Waals surface area contributed by atoms with E-state index in [0.29, 0.717) is 0 Å². The van der Waals surface area contributed by atoms with Gasteiger partial charge in [0, 0.05) is 27.6 Å². The molecule has 0 heterocycles. The second kappa shape index (κ2) is 9.94. The highest BCUT2D eigenvalue weighted by Crippen LogP contribution is 2.58. The molecule has 3 aliphatic rings. The van der Waals surface area contributed by atoms with E-state index in [2.05, 4.69) is 161 Å². The van der Waals surface area contributed by atoms with Gasteiger partial charge < -0.3 is 4.90 Å². The van der Waals surface area contributed by atoms with Crippen molar-refractivity contribution < 1.29 is 0 Å². The van der Waals surface area contributed by atoms with Gasteiger partial charge in [-0.2, -0.15) is 0 Å². The molecule has 9 rings (SSSR count). The molecule has 47 heavy (non-hydrogen) atoms. The predicted molar refractivity (Wildman–Crippen MR) is 200 cm³/mol. The highest BCUT2D eigenvalue weighted by Gasteiger charge is 2.45. The fourth-order valence-corrected chi connectivity index (χ4v) is 9.27. The second-order valence-electron chi connectivity index (χ2n) is 15.8. The Balaban J connectivity index is 1.32. The van der Waals surface area contributed by atoms with Crippen LogP contribution in [0.25, 0.3) is 33.0 Å². The van der Waals surface area contributed by atoms with Gasteiger partial charge in [0.05, 0.1) is 5.69 Å². The zero-order chi connectivity index (χ0) is 32.1. The summed E-state index contributed by atoms with van der Waals surface area (Å²) in [5.74, 6) is 0. The molecule has 0 radical (unpaired) electrons. The third-order valence-corrected chi connectivity index (χ3v) is 11.7. The van der Waals surface area contributed by atoms with Crippen LogP contribution in [0.5, 0.6) is 0 Å². The smallest absolute Gasteiger partial charge is 0.0542 e. The number of hydrogen-bond donors (Lipinski definition) is 0. The molecule has 1 nitrogen and oxygen atoms in total. The molecule has 0 aliphatic heterocycles. The first kappa shape index (κ1) is 28.6. The van der Waals surface area contributed by atoms with Crippen molar-refractivity contribution in [2.45, 2.75) is 76.5 Å². The van der Waals surface area contributed by atoms with Crippen LogP contribution in [-0.2, 0) is 16.2 Å². The van der Waals surface area contributed by atoms with Crippen LogP contribution in [0.4, 0.5) is 17.1 Å². The Morgan fingerprint density at radius 2 is 1.09 bits per heavy atom. The number of rotatable bonds is 3. The van der Waals surface area contributed by atoms with Crippen molar-refractivity contribution in [2.75, 3.05) is 4.90 Å². The zero-order valence-corrected chi connectivity index (χ0v) is 28.3. The third kappa shape index (κ3) is 4.08. The Morgan fingerprint density at radius 1 is 0.532 bits per heavy atom. The molecule has 0 amide bonds. The lowest BCUT2D eigenvalue weighted by Crippen LogP contribution is -2.21. The summed E-state index contributed by atoms with van der Waals surface area (Å²) in [6, 6.07) is 46.6. The first-order valence-electron chi connectivity index (χ1n) is 17.5. The number of benzene rings is 6. The summed E-state index contributed by atoms with van der Waals surface area (Å²) in [7, 11) is 0. The fourth-order valence-electron chi connectivity index (χ4n) is 9.27. The molecular formula is C46H43N. The highest BCUT2D eigenvalue weighted by atomic mass is 15.1. The zero-order valence-electron chi connectivity index (χ0n) is 28.3. The molecule has 232 valence electrons. The van der Waals surface area contributed by atoms with Crippen LogP contribution in [0, 0.1) is 0 Å². The number of nitrogens with zero attached hydrogens (tertiary/aromatic N) is 1. The van der Waals surface area contributed by atoms with Crippen LogP contribution in [0.15, 0.2) is 121 Å². The number of hydrogen-bond acceptors (Lipinski definition) is 1. The molecule has 0 saturated heterocycles. The largest absolute Gasteiger partial charge is 0.310 e. The summed E-state index contributed by atoms with van der Waals surface area (Å²) in [5, 5.41) is 2.57. The SMILES string of the molecule is CC(C)(C)c1cc(N(c2ccc3c(c2)C(C)(C)c2ccccc2-3)c2ccc3c(c2)C2(CCCC2)c2ccccc2-3)c2ccccc2c1. The standard InChI is InChI=1S/C46H43N/c1-44(2,3)31-26-30-14-6-7-15-34(30)43(27-31)47(32-20-22-37-35-16-8-10-18-39(35)45(4,5)41(37)28-32)33-21-23-38-36-17-9-11-19-40(36)46(42(38)29-33)24-12-13-25-46/h6-11,14-23,26-29H,12-13,24-25H2,1-5H3. The van der Waals surface area contributed by atoms with E-state index in [-0.39, 0.29) is 16.2 Å². The molecular weight excluding hydrogens is 567 g/mol. The van der Waals surface area contributed by atoms with Gasteiger partial charge in [-0.1, -0.05) is 138 Å². The first-order chi connectivity index (χ1) is 22.7. The maximum atomic E-state index is 2.57. The average molecular weight is 610 g/mol. The number of fused-ring (bicyclic) bond motifs is 9. The summed E-state index contributed by atoms with van der Waals surface area (Å²) in [5.41, 5.74) is 16.6. The van der Waals surface area contributed by atoms with Gasteiger partial charge in [0.1, 0.15) is 0 Å². The molecule has 1 heteroatoms. The van der Waals surface area contributed by atoms with Crippen molar-refractivity contribution >= 4 is 27.8 Å². The van der Waals surface area contributed by atoms with Crippen molar-refractivity contribution in [2.24, 2.45) is 0 Å². The topological polar surface area (TPSA) is 3.24 Å².